The lowest BCUT2D eigenvalue weighted by Gasteiger charge is -2.35. The van der Waals surface area contributed by atoms with E-state index in [1.807, 2.05) is 30.5 Å². The van der Waals surface area contributed by atoms with Crippen molar-refractivity contribution in [1.82, 2.24) is 15.0 Å². The van der Waals surface area contributed by atoms with Crippen LogP contribution in [0.4, 0.5) is 11.5 Å². The molecule has 7 nitrogen and oxygen atoms in total. The molecule has 4 rings (SSSR count). The number of benzene rings is 1. The lowest BCUT2D eigenvalue weighted by atomic mass is 10.0. The number of amides is 1. The van der Waals surface area contributed by atoms with Gasteiger partial charge in [-0.15, -0.1) is 0 Å². The highest BCUT2D eigenvalue weighted by atomic mass is 16.1. The molecule has 7 heteroatoms. The number of primary amides is 1. The van der Waals surface area contributed by atoms with Gasteiger partial charge in [0.25, 0.3) is 5.91 Å². The quantitative estimate of drug-likeness (QED) is 0.678. The van der Waals surface area contributed by atoms with E-state index in [2.05, 4.69) is 25.2 Å². The summed E-state index contributed by atoms with van der Waals surface area (Å²) in [6, 6.07) is 9.72. The molecule has 0 saturated carbocycles. The van der Waals surface area contributed by atoms with Gasteiger partial charge in [-0.1, -0.05) is 12.1 Å². The van der Waals surface area contributed by atoms with Crippen molar-refractivity contribution in [3.63, 3.8) is 0 Å². The first-order valence-corrected chi connectivity index (χ1v) is 8.41. The third-order valence-corrected chi connectivity index (χ3v) is 4.63. The van der Waals surface area contributed by atoms with Gasteiger partial charge in [0, 0.05) is 31.0 Å². The number of hydrogen-bond acceptors (Lipinski definition) is 5. The molecule has 1 unspecified atom stereocenters. The van der Waals surface area contributed by atoms with Gasteiger partial charge in [0.05, 0.1) is 10.9 Å². The molecule has 3 heterocycles. The van der Waals surface area contributed by atoms with Gasteiger partial charge in [0.2, 0.25) is 0 Å². The van der Waals surface area contributed by atoms with Crippen LogP contribution in [0, 0.1) is 0 Å². The third-order valence-electron chi connectivity index (χ3n) is 4.63. The van der Waals surface area contributed by atoms with E-state index in [4.69, 9.17) is 5.73 Å². The Morgan fingerprint density at radius 3 is 3.04 bits per heavy atom. The summed E-state index contributed by atoms with van der Waals surface area (Å²) in [5.41, 5.74) is 7.82. The summed E-state index contributed by atoms with van der Waals surface area (Å²) in [5, 5.41) is 4.51. The van der Waals surface area contributed by atoms with E-state index in [1.165, 1.54) is 0 Å². The summed E-state index contributed by atoms with van der Waals surface area (Å²) in [4.78, 5) is 25.6. The van der Waals surface area contributed by atoms with E-state index in [0.29, 0.717) is 5.56 Å². The fourth-order valence-electron chi connectivity index (χ4n) is 3.45. The van der Waals surface area contributed by atoms with Crippen molar-refractivity contribution in [2.75, 3.05) is 23.3 Å². The van der Waals surface area contributed by atoms with Crippen molar-refractivity contribution in [2.24, 2.45) is 5.73 Å². The molecule has 1 aromatic carbocycles. The number of nitrogens with two attached hydrogens (primary N) is 1. The lowest BCUT2D eigenvalue weighted by molar-refractivity contribution is 0.100. The number of anilines is 2. The summed E-state index contributed by atoms with van der Waals surface area (Å²) in [6.07, 6.45) is 5.50. The molecule has 0 radical (unpaired) electrons. The summed E-state index contributed by atoms with van der Waals surface area (Å²) in [7, 11) is 0. The number of carbonyl (C=O) groups excluding carboxylic acids is 1. The van der Waals surface area contributed by atoms with Gasteiger partial charge >= 0.3 is 0 Å². The first kappa shape index (κ1) is 15.4. The smallest absolute Gasteiger partial charge is 0.250 e. The van der Waals surface area contributed by atoms with Crippen LogP contribution in [0.25, 0.3) is 11.0 Å². The van der Waals surface area contributed by atoms with Crippen molar-refractivity contribution in [3.05, 3.63) is 48.4 Å². The molecule has 1 aliphatic heterocycles. The number of para-hydroxylation sites is 1. The van der Waals surface area contributed by atoms with Crippen molar-refractivity contribution in [3.8, 4) is 0 Å². The third kappa shape index (κ3) is 3.00. The maximum Gasteiger partial charge on any atom is 0.250 e. The van der Waals surface area contributed by atoms with E-state index in [-0.39, 0.29) is 6.04 Å². The van der Waals surface area contributed by atoms with E-state index < -0.39 is 5.91 Å². The number of aromatic nitrogens is 3. The van der Waals surface area contributed by atoms with Crippen molar-refractivity contribution in [1.29, 1.82) is 0 Å². The van der Waals surface area contributed by atoms with Crippen LogP contribution in [-0.4, -0.2) is 40.0 Å². The number of carbonyl (C=O) groups is 1. The number of rotatable bonds is 4. The minimum absolute atomic E-state index is 0.239. The molecular weight excluding hydrogens is 316 g/mol. The van der Waals surface area contributed by atoms with Crippen molar-refractivity contribution < 1.29 is 4.79 Å². The highest BCUT2D eigenvalue weighted by molar-refractivity contribution is 5.98. The lowest BCUT2D eigenvalue weighted by Crippen LogP contribution is -2.43. The predicted octanol–water partition coefficient (Wildman–Crippen LogP) is 2.14. The maximum atomic E-state index is 11.7. The second kappa shape index (κ2) is 6.43. The van der Waals surface area contributed by atoms with Crippen LogP contribution < -0.4 is 16.0 Å². The van der Waals surface area contributed by atoms with E-state index >= 15 is 0 Å². The number of hydrogen-bond donors (Lipinski definition) is 3. The summed E-state index contributed by atoms with van der Waals surface area (Å²) >= 11 is 0. The number of fused-ring (bicyclic) bond motifs is 1. The Balaban J connectivity index is 1.56. The molecule has 4 N–H and O–H groups in total. The molecule has 3 aromatic rings. The topological polar surface area (TPSA) is 99.9 Å². The zero-order chi connectivity index (χ0) is 17.2. The monoisotopic (exact) mass is 336 g/mol. The van der Waals surface area contributed by atoms with Crippen LogP contribution in [0.3, 0.4) is 0 Å². The van der Waals surface area contributed by atoms with Crippen LogP contribution in [0.15, 0.2) is 42.9 Å². The minimum Gasteiger partial charge on any atom is -0.369 e. The van der Waals surface area contributed by atoms with Crippen LogP contribution >= 0.6 is 0 Å². The average Bonchev–Trinajstić information content (AvgIpc) is 3.12. The fourth-order valence-corrected chi connectivity index (χ4v) is 3.45. The first-order chi connectivity index (χ1) is 12.2. The van der Waals surface area contributed by atoms with Gasteiger partial charge < -0.3 is 20.9 Å². The maximum absolute atomic E-state index is 11.7. The van der Waals surface area contributed by atoms with Crippen LogP contribution in [-0.2, 0) is 0 Å². The van der Waals surface area contributed by atoms with Gasteiger partial charge in [-0.25, -0.2) is 9.97 Å². The van der Waals surface area contributed by atoms with Crippen LogP contribution in [0.2, 0.25) is 0 Å². The van der Waals surface area contributed by atoms with Gasteiger partial charge in [0.1, 0.15) is 17.8 Å². The van der Waals surface area contributed by atoms with E-state index in [1.54, 1.807) is 12.4 Å². The molecule has 1 atom stereocenters. The number of nitrogens with one attached hydrogen (secondary N) is 2. The zero-order valence-corrected chi connectivity index (χ0v) is 13.8. The molecular formula is C18H20N6O. The Bertz CT molecular complexity index is 905. The average molecular weight is 336 g/mol. The van der Waals surface area contributed by atoms with Gasteiger partial charge in [-0.2, -0.15) is 0 Å². The number of H-pyrrole nitrogens is 1. The second-order valence-corrected chi connectivity index (χ2v) is 6.27. The summed E-state index contributed by atoms with van der Waals surface area (Å²) in [5.74, 6) is 0.441. The molecule has 25 heavy (non-hydrogen) atoms. The molecule has 2 aromatic heterocycles. The normalized spacial score (nSPS) is 17.6. The Labute approximate surface area is 145 Å². The molecule has 1 aliphatic rings. The van der Waals surface area contributed by atoms with Gasteiger partial charge in [0.15, 0.2) is 0 Å². The molecule has 0 aliphatic carbocycles. The van der Waals surface area contributed by atoms with Gasteiger partial charge in [-0.05, 0) is 31.0 Å². The van der Waals surface area contributed by atoms with E-state index in [0.717, 1.165) is 48.5 Å². The molecule has 0 spiro atoms. The van der Waals surface area contributed by atoms with Crippen molar-refractivity contribution >= 4 is 28.4 Å². The Hall–Kier alpha value is -3.09. The van der Waals surface area contributed by atoms with E-state index in [9.17, 15) is 4.79 Å². The number of piperidine rings is 1. The fraction of sp³-hybridized carbons (Fsp3) is 0.278. The minimum atomic E-state index is -0.393. The van der Waals surface area contributed by atoms with Crippen LogP contribution in [0.5, 0.6) is 0 Å². The predicted molar refractivity (Wildman–Crippen MR) is 97.7 cm³/mol. The molecule has 1 saturated heterocycles. The first-order valence-electron chi connectivity index (χ1n) is 8.41. The SMILES string of the molecule is NC(=O)c1ccccc1N1CCCC(Nc2ncnc3[nH]ccc23)C1. The Morgan fingerprint density at radius 1 is 1.28 bits per heavy atom. The summed E-state index contributed by atoms with van der Waals surface area (Å²) in [6.45, 7) is 1.70. The van der Waals surface area contributed by atoms with Gasteiger partial charge in [-0.3, -0.25) is 4.79 Å². The molecule has 1 amide bonds. The van der Waals surface area contributed by atoms with Crippen molar-refractivity contribution in [2.45, 2.75) is 18.9 Å². The molecule has 1 fully saturated rings. The highest BCUT2D eigenvalue weighted by Crippen LogP contribution is 2.26. The standard InChI is InChI=1S/C18H20N6O/c19-16(25)13-5-1-2-6-15(13)24-9-3-4-12(10-24)23-18-14-7-8-20-17(14)21-11-22-18/h1-2,5-8,11-12H,3-4,9-10H2,(H2,19,25)(H2,20,21,22,23). The Kier molecular flexibility index (Phi) is 3.97. The van der Waals surface area contributed by atoms with Crippen LogP contribution in [0.1, 0.15) is 23.2 Å². The molecule has 128 valence electrons. The second-order valence-electron chi connectivity index (χ2n) is 6.27. The molecule has 0 bridgehead atoms. The highest BCUT2D eigenvalue weighted by Gasteiger charge is 2.23. The largest absolute Gasteiger partial charge is 0.369 e. The summed E-state index contributed by atoms with van der Waals surface area (Å²) < 4.78 is 0. The Morgan fingerprint density at radius 2 is 2.16 bits per heavy atom. The number of nitrogens with zero attached hydrogens (tertiary/aromatic N) is 3. The number of aromatic amines is 1. The zero-order valence-electron chi connectivity index (χ0n) is 13.8.